The molecule has 3 aromatic rings. The Hall–Kier alpha value is -2.10. The van der Waals surface area contributed by atoms with E-state index in [1.165, 1.54) is 22.3 Å². The van der Waals surface area contributed by atoms with Gasteiger partial charge in [0.05, 0.1) is 0 Å². The zero-order valence-corrected chi connectivity index (χ0v) is 13.8. The average molecular weight is 320 g/mol. The van der Waals surface area contributed by atoms with Crippen molar-refractivity contribution >= 4 is 12.6 Å². The van der Waals surface area contributed by atoms with Crippen LogP contribution in [0.2, 0.25) is 0 Å². The summed E-state index contributed by atoms with van der Waals surface area (Å²) in [6.45, 7) is 1.68. The first-order chi connectivity index (χ1) is 11.3. The Balaban J connectivity index is 1.63. The topological polar surface area (TPSA) is 24.9 Å². The summed E-state index contributed by atoms with van der Waals surface area (Å²) in [5.74, 6) is 0. The quantitative estimate of drug-likeness (QED) is 0.664. The third-order valence-corrected chi connectivity index (χ3v) is 4.20. The van der Waals surface area contributed by atoms with Gasteiger partial charge in [0.15, 0.2) is 0 Å². The van der Waals surface area contributed by atoms with Crippen LogP contribution in [0.25, 0.3) is 0 Å². The molecule has 3 rings (SSSR count). The lowest BCUT2D eigenvalue weighted by Crippen LogP contribution is -2.13. The summed E-state index contributed by atoms with van der Waals surface area (Å²) in [5.41, 5.74) is 5.03. The molecule has 0 radical (unpaired) electrons. The van der Waals surface area contributed by atoms with Gasteiger partial charge in [0.2, 0.25) is 0 Å². The molecule has 0 saturated heterocycles. The lowest BCUT2D eigenvalue weighted by atomic mass is 10.0. The fourth-order valence-corrected chi connectivity index (χ4v) is 2.78. The predicted molar refractivity (Wildman–Crippen MR) is 97.7 cm³/mol. The number of benzene rings is 2. The van der Waals surface area contributed by atoms with Gasteiger partial charge in [-0.25, -0.2) is 0 Å². The lowest BCUT2D eigenvalue weighted by molar-refractivity contribution is 0.685. The van der Waals surface area contributed by atoms with E-state index in [-0.39, 0.29) is 0 Å². The van der Waals surface area contributed by atoms with Gasteiger partial charge in [0, 0.05) is 30.4 Å². The van der Waals surface area contributed by atoms with Gasteiger partial charge < -0.3 is 5.32 Å². The highest BCUT2D eigenvalue weighted by Crippen LogP contribution is 2.18. The number of thiol groups is 1. The van der Waals surface area contributed by atoms with Crippen molar-refractivity contribution in [1.29, 1.82) is 0 Å². The van der Waals surface area contributed by atoms with Gasteiger partial charge in [0.25, 0.3) is 0 Å². The van der Waals surface area contributed by atoms with Crippen molar-refractivity contribution in [2.75, 3.05) is 0 Å². The maximum atomic E-state index is 4.58. The van der Waals surface area contributed by atoms with Crippen molar-refractivity contribution in [2.24, 2.45) is 0 Å². The van der Waals surface area contributed by atoms with E-state index in [0.717, 1.165) is 24.4 Å². The van der Waals surface area contributed by atoms with Crippen molar-refractivity contribution in [3.05, 3.63) is 95.3 Å². The molecule has 0 unspecified atom stereocenters. The summed E-state index contributed by atoms with van der Waals surface area (Å²) < 4.78 is 0. The first-order valence-electron chi connectivity index (χ1n) is 7.75. The van der Waals surface area contributed by atoms with Crippen LogP contribution in [-0.4, -0.2) is 4.98 Å². The standard InChI is InChI=1S/C20H20N2S/c23-20-9-8-17(11-18-7-4-10-21-14-18)12-19(20)15-22-13-16-5-2-1-3-6-16/h1-10,12,14,22-23H,11,13,15H2. The van der Waals surface area contributed by atoms with Crippen molar-refractivity contribution < 1.29 is 0 Å². The third-order valence-electron chi connectivity index (χ3n) is 3.76. The highest BCUT2D eigenvalue weighted by molar-refractivity contribution is 7.80. The molecule has 0 atom stereocenters. The van der Waals surface area contributed by atoms with Crippen molar-refractivity contribution in [1.82, 2.24) is 10.3 Å². The minimum atomic E-state index is 0.814. The Morgan fingerprint density at radius 3 is 2.43 bits per heavy atom. The lowest BCUT2D eigenvalue weighted by Gasteiger charge is -2.10. The highest BCUT2D eigenvalue weighted by atomic mass is 32.1. The number of nitrogens with zero attached hydrogens (tertiary/aromatic N) is 1. The number of aromatic nitrogens is 1. The number of hydrogen-bond donors (Lipinski definition) is 2. The Kier molecular flexibility index (Phi) is 5.46. The SMILES string of the molecule is Sc1ccc(Cc2cccnc2)cc1CNCc1ccccc1. The number of nitrogens with one attached hydrogen (secondary N) is 1. The molecule has 0 amide bonds. The molecular formula is C20H20N2S. The van der Waals surface area contributed by atoms with Crippen LogP contribution in [0.1, 0.15) is 22.3 Å². The largest absolute Gasteiger partial charge is 0.309 e. The first kappa shape index (κ1) is 15.8. The van der Waals surface area contributed by atoms with Crippen molar-refractivity contribution in [3.8, 4) is 0 Å². The minimum Gasteiger partial charge on any atom is -0.309 e. The van der Waals surface area contributed by atoms with Gasteiger partial charge >= 0.3 is 0 Å². The Morgan fingerprint density at radius 1 is 0.826 bits per heavy atom. The Bertz CT molecular complexity index is 742. The summed E-state index contributed by atoms with van der Waals surface area (Å²) in [6.07, 6.45) is 4.62. The maximum Gasteiger partial charge on any atom is 0.0303 e. The molecule has 0 spiro atoms. The Morgan fingerprint density at radius 2 is 1.65 bits per heavy atom. The van der Waals surface area contributed by atoms with Crippen LogP contribution in [0.15, 0.2) is 78.0 Å². The normalized spacial score (nSPS) is 10.7. The Labute approximate surface area is 143 Å². The van der Waals surface area contributed by atoms with E-state index in [2.05, 4.69) is 71.5 Å². The van der Waals surface area contributed by atoms with Gasteiger partial charge in [0.1, 0.15) is 0 Å². The molecule has 0 fully saturated rings. The zero-order chi connectivity index (χ0) is 15.9. The molecule has 0 bridgehead atoms. The molecule has 23 heavy (non-hydrogen) atoms. The van der Waals surface area contributed by atoms with Gasteiger partial charge in [-0.15, -0.1) is 12.6 Å². The summed E-state index contributed by atoms with van der Waals surface area (Å²) in [6, 6.07) is 21.0. The number of pyridine rings is 1. The second-order valence-corrected chi connectivity index (χ2v) is 6.07. The molecule has 0 saturated carbocycles. The molecule has 1 aromatic heterocycles. The molecule has 0 aliphatic rings. The van der Waals surface area contributed by atoms with Crippen LogP contribution in [0, 0.1) is 0 Å². The zero-order valence-electron chi connectivity index (χ0n) is 12.9. The molecule has 116 valence electrons. The van der Waals surface area contributed by atoms with Crippen LogP contribution < -0.4 is 5.32 Å². The minimum absolute atomic E-state index is 0.814. The van der Waals surface area contributed by atoms with E-state index in [4.69, 9.17) is 0 Å². The van der Waals surface area contributed by atoms with Crippen molar-refractivity contribution in [2.45, 2.75) is 24.4 Å². The fourth-order valence-electron chi connectivity index (χ4n) is 2.57. The smallest absolute Gasteiger partial charge is 0.0303 e. The van der Waals surface area contributed by atoms with E-state index < -0.39 is 0 Å². The maximum absolute atomic E-state index is 4.58. The molecule has 0 aliphatic carbocycles. The van der Waals surface area contributed by atoms with Gasteiger partial charge in [-0.05, 0) is 40.8 Å². The molecule has 0 aliphatic heterocycles. The summed E-state index contributed by atoms with van der Waals surface area (Å²) >= 11 is 4.58. The molecule has 3 heteroatoms. The highest BCUT2D eigenvalue weighted by Gasteiger charge is 2.03. The van der Waals surface area contributed by atoms with Crippen molar-refractivity contribution in [3.63, 3.8) is 0 Å². The van der Waals surface area contributed by atoms with Gasteiger partial charge in [-0.2, -0.15) is 0 Å². The summed E-state index contributed by atoms with van der Waals surface area (Å²) in [5, 5.41) is 3.49. The molecule has 2 nitrogen and oxygen atoms in total. The summed E-state index contributed by atoms with van der Waals surface area (Å²) in [7, 11) is 0. The number of hydrogen-bond acceptors (Lipinski definition) is 3. The average Bonchev–Trinajstić information content (AvgIpc) is 2.59. The fraction of sp³-hybridized carbons (Fsp3) is 0.150. The van der Waals surface area contributed by atoms with E-state index in [9.17, 15) is 0 Å². The molecular weight excluding hydrogens is 300 g/mol. The van der Waals surface area contributed by atoms with E-state index in [1.54, 1.807) is 6.20 Å². The molecule has 2 aromatic carbocycles. The monoisotopic (exact) mass is 320 g/mol. The van der Waals surface area contributed by atoms with Crippen LogP contribution in [-0.2, 0) is 19.5 Å². The first-order valence-corrected chi connectivity index (χ1v) is 8.20. The second kappa shape index (κ2) is 7.95. The van der Waals surface area contributed by atoms with Crippen LogP contribution in [0.5, 0.6) is 0 Å². The van der Waals surface area contributed by atoms with E-state index >= 15 is 0 Å². The van der Waals surface area contributed by atoms with Gasteiger partial charge in [-0.3, -0.25) is 4.98 Å². The number of rotatable bonds is 6. The second-order valence-electron chi connectivity index (χ2n) is 5.59. The van der Waals surface area contributed by atoms with Crippen LogP contribution >= 0.6 is 12.6 Å². The molecule has 1 heterocycles. The predicted octanol–water partition coefficient (Wildman–Crippen LogP) is 4.25. The third kappa shape index (κ3) is 4.68. The summed E-state index contributed by atoms with van der Waals surface area (Å²) in [4.78, 5) is 5.20. The van der Waals surface area contributed by atoms with Crippen LogP contribution in [0.3, 0.4) is 0 Å². The van der Waals surface area contributed by atoms with Crippen LogP contribution in [0.4, 0.5) is 0 Å². The van der Waals surface area contributed by atoms with E-state index in [1.807, 2.05) is 18.3 Å². The molecule has 1 N–H and O–H groups in total. The van der Waals surface area contributed by atoms with Gasteiger partial charge in [-0.1, -0.05) is 48.5 Å². The van der Waals surface area contributed by atoms with E-state index in [0.29, 0.717) is 0 Å².